The fourth-order valence-electron chi connectivity index (χ4n) is 5.17. The van der Waals surface area contributed by atoms with Crippen molar-refractivity contribution in [1.82, 2.24) is 10.6 Å². The van der Waals surface area contributed by atoms with Crippen molar-refractivity contribution >= 4 is 11.8 Å². The van der Waals surface area contributed by atoms with Crippen LogP contribution in [-0.2, 0) is 20.8 Å². The summed E-state index contributed by atoms with van der Waals surface area (Å²) in [6.07, 6.45) is 0. The van der Waals surface area contributed by atoms with Crippen molar-refractivity contribution in [3.63, 3.8) is 0 Å². The number of rotatable bonds is 10. The molecule has 6 heteroatoms. The Balaban J connectivity index is 1.58. The Morgan fingerprint density at radius 3 is 0.951 bits per heavy atom. The van der Waals surface area contributed by atoms with Crippen molar-refractivity contribution in [3.8, 4) is 0 Å². The number of carbonyl (C=O) groups is 2. The number of aliphatic hydroxyl groups is 2. The third-order valence-corrected chi connectivity index (χ3v) is 7.94. The summed E-state index contributed by atoms with van der Waals surface area (Å²) in [6.45, 7) is 6.51. The SMILES string of the molecule is CC(NC(=O)C(C)(C)C(=O)NC(C)C(O)(c1ccccc1)c1ccccc1)C(O)(c1ccccc1)c1ccccc1. The number of amides is 2. The molecule has 6 nitrogen and oxygen atoms in total. The first kappa shape index (κ1) is 29.7. The second kappa shape index (κ2) is 12.1. The van der Waals surface area contributed by atoms with Crippen LogP contribution in [-0.4, -0.2) is 34.1 Å². The number of carbonyl (C=O) groups excluding carboxylic acids is 2. The Labute approximate surface area is 242 Å². The van der Waals surface area contributed by atoms with Crippen molar-refractivity contribution in [2.45, 2.75) is 51.0 Å². The van der Waals surface area contributed by atoms with E-state index in [0.717, 1.165) is 0 Å². The molecule has 4 aromatic rings. The fraction of sp³-hybridized carbons (Fsp3) is 0.257. The average Bonchev–Trinajstić information content (AvgIpc) is 3.01. The molecule has 41 heavy (non-hydrogen) atoms. The van der Waals surface area contributed by atoms with E-state index < -0.39 is 40.5 Å². The second-order valence-corrected chi connectivity index (χ2v) is 11.0. The lowest BCUT2D eigenvalue weighted by atomic mass is 9.79. The first-order valence-electron chi connectivity index (χ1n) is 13.8. The van der Waals surface area contributed by atoms with Gasteiger partial charge in [-0.05, 0) is 49.9 Å². The highest BCUT2D eigenvalue weighted by Crippen LogP contribution is 2.35. The maximum absolute atomic E-state index is 13.7. The number of hydrogen-bond donors (Lipinski definition) is 4. The highest BCUT2D eigenvalue weighted by Gasteiger charge is 2.45. The van der Waals surface area contributed by atoms with Gasteiger partial charge in [0.2, 0.25) is 11.8 Å². The van der Waals surface area contributed by atoms with E-state index in [2.05, 4.69) is 10.6 Å². The summed E-state index contributed by atoms with van der Waals surface area (Å²) >= 11 is 0. The Hall–Kier alpha value is -4.26. The van der Waals surface area contributed by atoms with Gasteiger partial charge in [-0.25, -0.2) is 0 Å². The molecule has 0 heterocycles. The smallest absolute Gasteiger partial charge is 0.235 e. The highest BCUT2D eigenvalue weighted by molar-refractivity contribution is 6.04. The normalized spacial score (nSPS) is 13.6. The molecular weight excluding hydrogens is 512 g/mol. The van der Waals surface area contributed by atoms with Crippen LogP contribution < -0.4 is 10.6 Å². The van der Waals surface area contributed by atoms with Gasteiger partial charge in [-0.15, -0.1) is 0 Å². The molecule has 4 N–H and O–H groups in total. The maximum Gasteiger partial charge on any atom is 0.235 e. The van der Waals surface area contributed by atoms with Crippen LogP contribution in [0.2, 0.25) is 0 Å². The standard InChI is InChI=1S/C35H38N2O4/c1-25(34(40,27-17-9-5-10-18-27)28-19-11-6-12-20-28)36-31(38)33(3,4)32(39)37-26(2)35(41,29-21-13-7-14-22-29)30-23-15-8-16-24-30/h5-26,40-41H,1-4H3,(H,36,38)(H,37,39). The summed E-state index contributed by atoms with van der Waals surface area (Å²) in [5.74, 6) is -1.11. The molecule has 2 amide bonds. The molecule has 4 rings (SSSR count). The van der Waals surface area contributed by atoms with E-state index in [1.165, 1.54) is 13.8 Å². The molecule has 0 radical (unpaired) electrons. The van der Waals surface area contributed by atoms with Crippen LogP contribution in [0, 0.1) is 5.41 Å². The molecular formula is C35H38N2O4. The molecule has 0 aliphatic heterocycles. The lowest BCUT2D eigenvalue weighted by molar-refractivity contribution is -0.144. The maximum atomic E-state index is 13.7. The van der Waals surface area contributed by atoms with Gasteiger partial charge in [0, 0.05) is 0 Å². The topological polar surface area (TPSA) is 98.7 Å². The van der Waals surface area contributed by atoms with Crippen LogP contribution in [0.15, 0.2) is 121 Å². The van der Waals surface area contributed by atoms with E-state index in [0.29, 0.717) is 22.3 Å². The van der Waals surface area contributed by atoms with Crippen molar-refractivity contribution in [1.29, 1.82) is 0 Å². The van der Waals surface area contributed by atoms with Crippen LogP contribution in [0.1, 0.15) is 49.9 Å². The predicted molar refractivity (Wildman–Crippen MR) is 161 cm³/mol. The zero-order chi connectivity index (χ0) is 29.7. The van der Waals surface area contributed by atoms with Crippen LogP contribution in [0.3, 0.4) is 0 Å². The Morgan fingerprint density at radius 1 is 0.512 bits per heavy atom. The van der Waals surface area contributed by atoms with Gasteiger partial charge >= 0.3 is 0 Å². The van der Waals surface area contributed by atoms with Gasteiger partial charge in [0.1, 0.15) is 16.6 Å². The average molecular weight is 551 g/mol. The number of hydrogen-bond acceptors (Lipinski definition) is 4. The molecule has 0 aliphatic rings. The Bertz CT molecular complexity index is 1250. The van der Waals surface area contributed by atoms with Gasteiger partial charge in [0.15, 0.2) is 0 Å². The summed E-state index contributed by atoms with van der Waals surface area (Å²) in [7, 11) is 0. The quantitative estimate of drug-likeness (QED) is 0.211. The van der Waals surface area contributed by atoms with Gasteiger partial charge in [-0.2, -0.15) is 0 Å². The van der Waals surface area contributed by atoms with Gasteiger partial charge < -0.3 is 20.8 Å². The van der Waals surface area contributed by atoms with Crippen LogP contribution in [0.4, 0.5) is 0 Å². The van der Waals surface area contributed by atoms with E-state index in [-0.39, 0.29) is 0 Å². The zero-order valence-electron chi connectivity index (χ0n) is 23.9. The van der Waals surface area contributed by atoms with Gasteiger partial charge in [-0.3, -0.25) is 9.59 Å². The van der Waals surface area contributed by atoms with E-state index >= 15 is 0 Å². The summed E-state index contributed by atoms with van der Waals surface area (Å²) < 4.78 is 0. The van der Waals surface area contributed by atoms with Crippen molar-refractivity contribution < 1.29 is 19.8 Å². The molecule has 0 spiro atoms. The predicted octanol–water partition coefficient (Wildman–Crippen LogP) is 4.89. The van der Waals surface area contributed by atoms with Crippen molar-refractivity contribution in [2.75, 3.05) is 0 Å². The lowest BCUT2D eigenvalue weighted by Gasteiger charge is -2.39. The third-order valence-electron chi connectivity index (χ3n) is 7.94. The summed E-state index contributed by atoms with van der Waals surface area (Å²) in [6, 6.07) is 35.0. The van der Waals surface area contributed by atoms with E-state index in [1.54, 1.807) is 13.8 Å². The van der Waals surface area contributed by atoms with Gasteiger partial charge in [-0.1, -0.05) is 121 Å². The van der Waals surface area contributed by atoms with E-state index in [9.17, 15) is 19.8 Å². The van der Waals surface area contributed by atoms with Gasteiger partial charge in [0.05, 0.1) is 12.1 Å². The minimum atomic E-state index is -1.54. The molecule has 2 unspecified atom stereocenters. The minimum absolute atomic E-state index is 0.553. The molecule has 0 saturated heterocycles. The van der Waals surface area contributed by atoms with Crippen molar-refractivity contribution in [3.05, 3.63) is 144 Å². The third kappa shape index (κ3) is 5.80. The molecule has 4 aromatic carbocycles. The fourth-order valence-corrected chi connectivity index (χ4v) is 5.17. The Morgan fingerprint density at radius 2 is 0.732 bits per heavy atom. The molecule has 0 bridgehead atoms. The first-order chi connectivity index (χ1) is 19.5. The molecule has 2 atom stereocenters. The van der Waals surface area contributed by atoms with E-state index in [4.69, 9.17) is 0 Å². The second-order valence-electron chi connectivity index (χ2n) is 11.0. The van der Waals surface area contributed by atoms with Crippen LogP contribution in [0.5, 0.6) is 0 Å². The molecule has 0 aliphatic carbocycles. The van der Waals surface area contributed by atoms with Crippen LogP contribution in [0.25, 0.3) is 0 Å². The van der Waals surface area contributed by atoms with Crippen molar-refractivity contribution in [2.24, 2.45) is 5.41 Å². The lowest BCUT2D eigenvalue weighted by Crippen LogP contribution is -2.58. The zero-order valence-corrected chi connectivity index (χ0v) is 23.9. The molecule has 0 aromatic heterocycles. The summed E-state index contributed by atoms with van der Waals surface area (Å²) in [5, 5.41) is 29.9. The molecule has 0 fully saturated rings. The molecule has 212 valence electrons. The number of nitrogens with one attached hydrogen (secondary N) is 2. The largest absolute Gasteiger partial charge is 0.378 e. The highest BCUT2D eigenvalue weighted by atomic mass is 16.3. The summed E-state index contributed by atoms with van der Waals surface area (Å²) in [5.41, 5.74) is -2.14. The van der Waals surface area contributed by atoms with Gasteiger partial charge in [0.25, 0.3) is 0 Å². The number of benzene rings is 4. The summed E-state index contributed by atoms with van der Waals surface area (Å²) in [4.78, 5) is 27.3. The monoisotopic (exact) mass is 550 g/mol. The minimum Gasteiger partial charge on any atom is -0.378 e. The first-order valence-corrected chi connectivity index (χ1v) is 13.8. The van der Waals surface area contributed by atoms with Crippen LogP contribution >= 0.6 is 0 Å². The Kier molecular flexibility index (Phi) is 8.76. The molecule has 0 saturated carbocycles. The van der Waals surface area contributed by atoms with E-state index in [1.807, 2.05) is 121 Å².